The van der Waals surface area contributed by atoms with Gasteiger partial charge in [-0.25, -0.2) is 17.8 Å². The van der Waals surface area contributed by atoms with Crippen LogP contribution in [0.2, 0.25) is 0 Å². The van der Waals surface area contributed by atoms with Crippen LogP contribution in [0.5, 0.6) is 0 Å². The Bertz CT molecular complexity index is 823. The molecular formula is C11H7BrClFN2O3S2. The van der Waals surface area contributed by atoms with E-state index in [1.54, 1.807) is 0 Å². The molecule has 0 aliphatic heterocycles. The molecule has 1 N–H and O–H groups in total. The molecule has 0 unspecified atom stereocenters. The third kappa shape index (κ3) is 3.79. The van der Waals surface area contributed by atoms with Crippen LogP contribution in [-0.2, 0) is 9.05 Å². The number of hydrogen-bond acceptors (Lipinski definition) is 5. The number of carbonyl (C=O) groups excluding carboxylic acids is 1. The van der Waals surface area contributed by atoms with Gasteiger partial charge < -0.3 is 0 Å². The van der Waals surface area contributed by atoms with Crippen molar-refractivity contribution in [2.24, 2.45) is 0 Å². The maximum absolute atomic E-state index is 13.1. The molecule has 1 aromatic carbocycles. The SMILES string of the molecule is Cc1nc(NC(=O)c2ccc(F)c(Br)c2)sc1S(=O)(=O)Cl. The fraction of sp³-hybridized carbons (Fsp3) is 0.0909. The second-order valence-corrected chi connectivity index (χ2v) is 8.53. The molecule has 0 bridgehead atoms. The number of aryl methyl sites for hydroxylation is 1. The standard InChI is InChI=1S/C11H7BrClFN2O3S2/c1-5-10(21(13,18)19)20-11(15-5)16-9(17)6-2-3-8(14)7(12)4-6/h2-4H,1H3,(H,15,16,17). The average Bonchev–Trinajstić information content (AvgIpc) is 2.73. The Morgan fingerprint density at radius 2 is 2.14 bits per heavy atom. The summed E-state index contributed by atoms with van der Waals surface area (Å²) < 4.78 is 35.7. The molecule has 0 aliphatic rings. The van der Waals surface area contributed by atoms with Crippen molar-refractivity contribution in [3.8, 4) is 0 Å². The van der Waals surface area contributed by atoms with Crippen molar-refractivity contribution in [2.75, 3.05) is 5.32 Å². The number of anilines is 1. The average molecular weight is 414 g/mol. The summed E-state index contributed by atoms with van der Waals surface area (Å²) in [6, 6.07) is 3.75. The molecule has 1 aromatic heterocycles. The number of aromatic nitrogens is 1. The first-order valence-corrected chi connectivity index (χ1v) is 9.29. The molecule has 2 rings (SSSR count). The molecule has 0 atom stereocenters. The first-order valence-electron chi connectivity index (χ1n) is 5.37. The van der Waals surface area contributed by atoms with Gasteiger partial charge in [0.1, 0.15) is 5.82 Å². The highest BCUT2D eigenvalue weighted by Gasteiger charge is 2.20. The van der Waals surface area contributed by atoms with Gasteiger partial charge in [0.2, 0.25) is 0 Å². The zero-order chi connectivity index (χ0) is 15.8. The van der Waals surface area contributed by atoms with E-state index in [0.717, 1.165) is 17.4 Å². The summed E-state index contributed by atoms with van der Waals surface area (Å²) in [6.45, 7) is 1.47. The van der Waals surface area contributed by atoms with Crippen molar-refractivity contribution in [3.05, 3.63) is 39.7 Å². The van der Waals surface area contributed by atoms with Crippen LogP contribution in [0, 0.1) is 12.7 Å². The fourth-order valence-corrected chi connectivity index (χ4v) is 4.19. The van der Waals surface area contributed by atoms with E-state index in [9.17, 15) is 17.6 Å². The zero-order valence-corrected chi connectivity index (χ0v) is 14.3. The molecule has 1 amide bonds. The number of nitrogens with one attached hydrogen (secondary N) is 1. The molecule has 0 saturated heterocycles. The van der Waals surface area contributed by atoms with Crippen LogP contribution in [0.4, 0.5) is 9.52 Å². The normalized spacial score (nSPS) is 11.4. The molecule has 2 aromatic rings. The molecule has 5 nitrogen and oxygen atoms in total. The minimum absolute atomic E-state index is 0.0946. The predicted molar refractivity (Wildman–Crippen MR) is 81.9 cm³/mol. The van der Waals surface area contributed by atoms with Crippen molar-refractivity contribution < 1.29 is 17.6 Å². The summed E-state index contributed by atoms with van der Waals surface area (Å²) in [7, 11) is 1.35. The summed E-state index contributed by atoms with van der Waals surface area (Å²) in [6.07, 6.45) is 0. The third-order valence-electron chi connectivity index (χ3n) is 2.38. The molecule has 112 valence electrons. The zero-order valence-electron chi connectivity index (χ0n) is 10.4. The minimum Gasteiger partial charge on any atom is -0.298 e. The Labute approximate surface area is 136 Å². The van der Waals surface area contributed by atoms with Gasteiger partial charge in [-0.05, 0) is 41.1 Å². The topological polar surface area (TPSA) is 76.1 Å². The lowest BCUT2D eigenvalue weighted by Gasteiger charge is -2.02. The smallest absolute Gasteiger partial charge is 0.272 e. The lowest BCUT2D eigenvalue weighted by molar-refractivity contribution is 0.102. The van der Waals surface area contributed by atoms with Gasteiger partial charge in [0, 0.05) is 16.2 Å². The van der Waals surface area contributed by atoms with E-state index in [4.69, 9.17) is 10.7 Å². The number of nitrogens with zero attached hydrogens (tertiary/aromatic N) is 1. The van der Waals surface area contributed by atoms with Crippen LogP contribution in [0.25, 0.3) is 0 Å². The highest BCUT2D eigenvalue weighted by Crippen LogP contribution is 2.30. The van der Waals surface area contributed by atoms with Crippen molar-refractivity contribution >= 4 is 58.0 Å². The largest absolute Gasteiger partial charge is 0.298 e. The highest BCUT2D eigenvalue weighted by molar-refractivity contribution is 9.10. The van der Waals surface area contributed by atoms with Crippen LogP contribution in [0.3, 0.4) is 0 Å². The monoisotopic (exact) mass is 412 g/mol. The number of halogens is 3. The Balaban J connectivity index is 2.26. The van der Waals surface area contributed by atoms with Crippen LogP contribution in [0.1, 0.15) is 16.1 Å². The van der Waals surface area contributed by atoms with Gasteiger partial charge in [0.25, 0.3) is 15.0 Å². The minimum atomic E-state index is -3.91. The van der Waals surface area contributed by atoms with Crippen LogP contribution < -0.4 is 5.32 Å². The number of benzene rings is 1. The first kappa shape index (κ1) is 16.3. The van der Waals surface area contributed by atoms with E-state index in [2.05, 4.69) is 26.2 Å². The van der Waals surface area contributed by atoms with Gasteiger partial charge in [-0.1, -0.05) is 11.3 Å². The van der Waals surface area contributed by atoms with Gasteiger partial charge in [-0.3, -0.25) is 10.1 Å². The molecule has 21 heavy (non-hydrogen) atoms. The maximum atomic E-state index is 13.1. The molecule has 0 spiro atoms. The van der Waals surface area contributed by atoms with E-state index >= 15 is 0 Å². The van der Waals surface area contributed by atoms with Crippen molar-refractivity contribution in [3.63, 3.8) is 0 Å². The quantitative estimate of drug-likeness (QED) is 0.781. The van der Waals surface area contributed by atoms with Crippen LogP contribution in [-0.4, -0.2) is 19.3 Å². The number of hydrogen-bond donors (Lipinski definition) is 1. The summed E-state index contributed by atoms with van der Waals surface area (Å²) in [5.41, 5.74) is 0.400. The lowest BCUT2D eigenvalue weighted by Crippen LogP contribution is -2.11. The summed E-state index contributed by atoms with van der Waals surface area (Å²) >= 11 is 3.72. The van der Waals surface area contributed by atoms with Crippen molar-refractivity contribution in [2.45, 2.75) is 11.1 Å². The second-order valence-electron chi connectivity index (χ2n) is 3.91. The molecule has 0 aliphatic carbocycles. The summed E-state index contributed by atoms with van der Waals surface area (Å²) in [5.74, 6) is -1.03. The molecule has 1 heterocycles. The molecule has 10 heteroatoms. The predicted octanol–water partition coefficient (Wildman–Crippen LogP) is 3.53. The number of carbonyl (C=O) groups is 1. The maximum Gasteiger partial charge on any atom is 0.272 e. The number of rotatable bonds is 3. The number of thiazole rings is 1. The van der Waals surface area contributed by atoms with E-state index in [1.165, 1.54) is 19.1 Å². The van der Waals surface area contributed by atoms with Gasteiger partial charge in [0.05, 0.1) is 10.2 Å². The van der Waals surface area contributed by atoms with Gasteiger partial charge in [0.15, 0.2) is 9.34 Å². The Morgan fingerprint density at radius 3 is 2.67 bits per heavy atom. The summed E-state index contributed by atoms with van der Waals surface area (Å²) in [4.78, 5) is 15.9. The van der Waals surface area contributed by atoms with Gasteiger partial charge in [-0.2, -0.15) is 0 Å². The van der Waals surface area contributed by atoms with E-state index in [1.807, 2.05) is 0 Å². The Hall–Kier alpha value is -1.03. The van der Waals surface area contributed by atoms with Crippen molar-refractivity contribution in [1.82, 2.24) is 4.98 Å². The molecule has 0 fully saturated rings. The van der Waals surface area contributed by atoms with Gasteiger partial charge in [-0.15, -0.1) is 0 Å². The van der Waals surface area contributed by atoms with Gasteiger partial charge >= 0.3 is 0 Å². The Morgan fingerprint density at radius 1 is 1.48 bits per heavy atom. The third-order valence-corrected chi connectivity index (χ3v) is 6.24. The molecule has 0 saturated carbocycles. The van der Waals surface area contributed by atoms with E-state index < -0.39 is 20.8 Å². The number of amides is 1. The lowest BCUT2D eigenvalue weighted by atomic mass is 10.2. The fourth-order valence-electron chi connectivity index (χ4n) is 1.47. The highest BCUT2D eigenvalue weighted by atomic mass is 79.9. The van der Waals surface area contributed by atoms with Crippen molar-refractivity contribution in [1.29, 1.82) is 0 Å². The first-order chi connectivity index (χ1) is 9.68. The Kier molecular flexibility index (Phi) is 4.66. The van der Waals surface area contributed by atoms with E-state index in [0.29, 0.717) is 0 Å². The second kappa shape index (κ2) is 5.99. The van der Waals surface area contributed by atoms with Crippen LogP contribution in [0.15, 0.2) is 26.9 Å². The van der Waals surface area contributed by atoms with Crippen LogP contribution >= 0.6 is 37.9 Å². The summed E-state index contributed by atoms with van der Waals surface area (Å²) in [5, 5.41) is 2.53. The molecular weight excluding hydrogens is 407 g/mol. The molecule has 0 radical (unpaired) electrons. The van der Waals surface area contributed by atoms with E-state index in [-0.39, 0.29) is 25.1 Å².